The molecule has 1 N–H and O–H groups in total. The average Bonchev–Trinajstić information content (AvgIpc) is 2.70. The predicted molar refractivity (Wildman–Crippen MR) is 108 cm³/mol. The number of aryl methyl sites for hydroxylation is 1. The Kier molecular flexibility index (Phi) is 6.36. The number of nitro groups is 1. The van der Waals surface area contributed by atoms with E-state index in [1.54, 1.807) is 19.1 Å². The highest BCUT2D eigenvalue weighted by atomic mass is 19.3. The van der Waals surface area contributed by atoms with Crippen molar-refractivity contribution in [3.63, 3.8) is 0 Å². The molecule has 0 radical (unpaired) electrons. The van der Waals surface area contributed by atoms with Crippen LogP contribution < -0.4 is 10.1 Å². The molecular weight excluding hydrogens is 394 g/mol. The van der Waals surface area contributed by atoms with Crippen LogP contribution >= 0.6 is 0 Å². The molecule has 0 aromatic heterocycles. The molecule has 8 heteroatoms. The number of nitrogens with one attached hydrogen (secondary N) is 1. The number of nitrogens with zero attached hydrogens (tertiary/aromatic N) is 1. The standard InChI is InChI=1S/C22H18F2N2O4/c1-14-6-5-9-18(20(14)26(28)29)21(27)25-17-10-11-19(30-22(23)24)16(13-17)12-15-7-3-2-4-8-15/h2-11,13,22H,12H2,1H3,(H,25,27). The van der Waals surface area contributed by atoms with Crippen molar-refractivity contribution >= 4 is 17.3 Å². The van der Waals surface area contributed by atoms with E-state index < -0.39 is 17.4 Å². The second kappa shape index (κ2) is 9.13. The van der Waals surface area contributed by atoms with Gasteiger partial charge in [0.05, 0.1) is 4.92 Å². The zero-order valence-electron chi connectivity index (χ0n) is 16.0. The Labute approximate surface area is 171 Å². The third-order valence-corrected chi connectivity index (χ3v) is 4.44. The van der Waals surface area contributed by atoms with Gasteiger partial charge in [0.25, 0.3) is 11.6 Å². The van der Waals surface area contributed by atoms with Gasteiger partial charge in [0, 0.05) is 23.2 Å². The molecule has 3 aromatic rings. The second-order valence-corrected chi connectivity index (χ2v) is 6.55. The summed E-state index contributed by atoms with van der Waals surface area (Å²) in [6, 6.07) is 17.9. The van der Waals surface area contributed by atoms with Crippen molar-refractivity contribution in [3.8, 4) is 5.75 Å². The quantitative estimate of drug-likeness (QED) is 0.419. The molecule has 154 valence electrons. The molecule has 0 bridgehead atoms. The largest absolute Gasteiger partial charge is 0.435 e. The third-order valence-electron chi connectivity index (χ3n) is 4.44. The first-order valence-electron chi connectivity index (χ1n) is 9.02. The van der Waals surface area contributed by atoms with Gasteiger partial charge in [-0.15, -0.1) is 0 Å². The van der Waals surface area contributed by atoms with E-state index in [0.29, 0.717) is 23.2 Å². The Balaban J connectivity index is 1.91. The van der Waals surface area contributed by atoms with Gasteiger partial charge in [-0.3, -0.25) is 14.9 Å². The molecule has 0 fully saturated rings. The van der Waals surface area contributed by atoms with Gasteiger partial charge in [-0.1, -0.05) is 42.5 Å². The number of ether oxygens (including phenoxy) is 1. The third kappa shape index (κ3) is 4.96. The predicted octanol–water partition coefficient (Wildman–Crippen LogP) is 5.35. The topological polar surface area (TPSA) is 81.5 Å². The second-order valence-electron chi connectivity index (χ2n) is 6.55. The molecule has 0 spiro atoms. The number of carbonyl (C=O) groups excluding carboxylic acids is 1. The summed E-state index contributed by atoms with van der Waals surface area (Å²) < 4.78 is 30.1. The molecule has 1 amide bonds. The van der Waals surface area contributed by atoms with Crippen LogP contribution in [0.5, 0.6) is 5.75 Å². The van der Waals surface area contributed by atoms with Crippen molar-refractivity contribution in [2.24, 2.45) is 0 Å². The van der Waals surface area contributed by atoms with Crippen LogP contribution in [0.1, 0.15) is 27.0 Å². The molecule has 30 heavy (non-hydrogen) atoms. The maximum absolute atomic E-state index is 12.8. The first-order valence-corrected chi connectivity index (χ1v) is 9.02. The Morgan fingerprint density at radius 2 is 1.83 bits per heavy atom. The van der Waals surface area contributed by atoms with E-state index in [0.717, 1.165) is 5.56 Å². The molecule has 6 nitrogen and oxygen atoms in total. The smallest absolute Gasteiger partial charge is 0.387 e. The lowest BCUT2D eigenvalue weighted by Gasteiger charge is -2.14. The van der Waals surface area contributed by atoms with Gasteiger partial charge in [-0.25, -0.2) is 0 Å². The molecule has 0 aliphatic carbocycles. The lowest BCUT2D eigenvalue weighted by molar-refractivity contribution is -0.385. The van der Waals surface area contributed by atoms with Crippen molar-refractivity contribution in [2.45, 2.75) is 20.0 Å². The van der Waals surface area contributed by atoms with E-state index in [-0.39, 0.29) is 17.0 Å². The van der Waals surface area contributed by atoms with Crippen LogP contribution in [0, 0.1) is 17.0 Å². The SMILES string of the molecule is Cc1cccc(C(=O)Nc2ccc(OC(F)F)c(Cc3ccccc3)c2)c1[N+](=O)[O-]. The molecule has 0 aliphatic heterocycles. The van der Waals surface area contributed by atoms with Crippen LogP contribution in [0.15, 0.2) is 66.7 Å². The van der Waals surface area contributed by atoms with Crippen LogP contribution in [0.25, 0.3) is 0 Å². The number of halogens is 2. The first-order chi connectivity index (χ1) is 14.3. The highest BCUT2D eigenvalue weighted by molar-refractivity contribution is 6.07. The van der Waals surface area contributed by atoms with Crippen LogP contribution in [0.3, 0.4) is 0 Å². The summed E-state index contributed by atoms with van der Waals surface area (Å²) in [6.07, 6.45) is 0.303. The van der Waals surface area contributed by atoms with Crippen molar-refractivity contribution < 1.29 is 23.2 Å². The van der Waals surface area contributed by atoms with E-state index in [2.05, 4.69) is 10.1 Å². The fourth-order valence-corrected chi connectivity index (χ4v) is 3.11. The maximum Gasteiger partial charge on any atom is 0.387 e. The highest BCUT2D eigenvalue weighted by Gasteiger charge is 2.22. The summed E-state index contributed by atoms with van der Waals surface area (Å²) in [4.78, 5) is 23.4. The van der Waals surface area contributed by atoms with Gasteiger partial charge in [0.2, 0.25) is 0 Å². The number of hydrogen-bond acceptors (Lipinski definition) is 4. The number of hydrogen-bond donors (Lipinski definition) is 1. The van der Waals surface area contributed by atoms with E-state index in [4.69, 9.17) is 0 Å². The van der Waals surface area contributed by atoms with Crippen LogP contribution in [0.2, 0.25) is 0 Å². The minimum absolute atomic E-state index is 0.00612. The van der Waals surface area contributed by atoms with E-state index in [1.165, 1.54) is 24.3 Å². The monoisotopic (exact) mass is 412 g/mol. The van der Waals surface area contributed by atoms with Gasteiger partial charge in [0.15, 0.2) is 0 Å². The van der Waals surface area contributed by atoms with Crippen LogP contribution in [0.4, 0.5) is 20.2 Å². The summed E-state index contributed by atoms with van der Waals surface area (Å²) >= 11 is 0. The summed E-state index contributed by atoms with van der Waals surface area (Å²) in [6.45, 7) is -1.45. The Morgan fingerprint density at radius 1 is 1.10 bits per heavy atom. The first kappa shape index (κ1) is 20.9. The minimum Gasteiger partial charge on any atom is -0.435 e. The van der Waals surface area contributed by atoms with Gasteiger partial charge >= 0.3 is 6.61 Å². The number of benzene rings is 3. The van der Waals surface area contributed by atoms with E-state index in [1.807, 2.05) is 30.3 Å². The van der Waals surface area contributed by atoms with E-state index >= 15 is 0 Å². The number of nitro benzene ring substituents is 1. The van der Waals surface area contributed by atoms with Gasteiger partial charge in [-0.05, 0) is 36.8 Å². The summed E-state index contributed by atoms with van der Waals surface area (Å²) in [5.41, 5.74) is 1.61. The number of anilines is 1. The number of rotatable bonds is 7. The zero-order valence-corrected chi connectivity index (χ0v) is 16.0. The lowest BCUT2D eigenvalue weighted by atomic mass is 10.0. The van der Waals surface area contributed by atoms with Crippen molar-refractivity contribution in [2.75, 3.05) is 5.32 Å². The Morgan fingerprint density at radius 3 is 2.50 bits per heavy atom. The molecule has 0 aliphatic rings. The number of para-hydroxylation sites is 1. The van der Waals surface area contributed by atoms with Gasteiger partial charge in [-0.2, -0.15) is 8.78 Å². The summed E-state index contributed by atoms with van der Waals surface area (Å²) in [5.74, 6) is -0.674. The molecule has 3 rings (SSSR count). The number of alkyl halides is 2. The van der Waals surface area contributed by atoms with Gasteiger partial charge in [0.1, 0.15) is 11.3 Å². The van der Waals surface area contributed by atoms with E-state index in [9.17, 15) is 23.7 Å². The molecule has 0 saturated heterocycles. The maximum atomic E-state index is 12.8. The number of carbonyl (C=O) groups is 1. The molecule has 3 aromatic carbocycles. The molecule has 0 saturated carbocycles. The summed E-state index contributed by atoms with van der Waals surface area (Å²) in [7, 11) is 0. The Bertz CT molecular complexity index is 1070. The van der Waals surface area contributed by atoms with Gasteiger partial charge < -0.3 is 10.1 Å². The van der Waals surface area contributed by atoms with Crippen molar-refractivity contribution in [1.82, 2.24) is 0 Å². The average molecular weight is 412 g/mol. The minimum atomic E-state index is -2.99. The van der Waals surface area contributed by atoms with Crippen LogP contribution in [-0.4, -0.2) is 17.4 Å². The fraction of sp³-hybridized carbons (Fsp3) is 0.136. The zero-order chi connectivity index (χ0) is 21.7. The lowest BCUT2D eigenvalue weighted by Crippen LogP contribution is -2.15. The molecule has 0 heterocycles. The molecule has 0 unspecified atom stereocenters. The fourth-order valence-electron chi connectivity index (χ4n) is 3.11. The molecular formula is C22H18F2N2O4. The molecule has 0 atom stereocenters. The summed E-state index contributed by atoms with van der Waals surface area (Å²) in [5, 5.41) is 13.9. The normalized spacial score (nSPS) is 10.7. The number of amides is 1. The van der Waals surface area contributed by atoms with Crippen molar-refractivity contribution in [3.05, 3.63) is 99.1 Å². The Hall–Kier alpha value is -3.81. The highest BCUT2D eigenvalue weighted by Crippen LogP contribution is 2.28. The van der Waals surface area contributed by atoms with Crippen molar-refractivity contribution in [1.29, 1.82) is 0 Å². The van der Waals surface area contributed by atoms with Crippen LogP contribution in [-0.2, 0) is 6.42 Å².